The highest BCUT2D eigenvalue weighted by atomic mass is 19.2. The monoisotopic (exact) mass is 325 g/mol. The quantitative estimate of drug-likeness (QED) is 0.923. The number of nitrogens with one attached hydrogen (secondary N) is 1. The summed E-state index contributed by atoms with van der Waals surface area (Å²) in [6.07, 6.45) is 1.21. The molecular weight excluding hydrogens is 300 g/mol. The van der Waals surface area contributed by atoms with E-state index in [1.54, 1.807) is 11.9 Å². The van der Waals surface area contributed by atoms with E-state index in [-0.39, 0.29) is 30.6 Å². The molecule has 4 nitrogen and oxygen atoms in total. The number of rotatable bonds is 4. The Morgan fingerprint density at radius 3 is 2.87 bits per heavy atom. The summed E-state index contributed by atoms with van der Waals surface area (Å²) in [7, 11) is 3.88. The molecule has 1 saturated heterocycles. The summed E-state index contributed by atoms with van der Waals surface area (Å²) in [4.78, 5) is 16.2. The van der Waals surface area contributed by atoms with E-state index in [0.29, 0.717) is 5.92 Å². The number of amides is 2. The van der Waals surface area contributed by atoms with Crippen LogP contribution < -0.4 is 5.32 Å². The lowest BCUT2D eigenvalue weighted by molar-refractivity contribution is 0.107. The Kier molecular flexibility index (Phi) is 5.93. The van der Waals surface area contributed by atoms with Crippen LogP contribution in [0.1, 0.15) is 18.9 Å². The Hall–Kier alpha value is -1.69. The first-order valence-corrected chi connectivity index (χ1v) is 8.02. The van der Waals surface area contributed by atoms with Crippen molar-refractivity contribution in [2.24, 2.45) is 5.92 Å². The second-order valence-corrected chi connectivity index (χ2v) is 6.40. The molecule has 23 heavy (non-hydrogen) atoms. The summed E-state index contributed by atoms with van der Waals surface area (Å²) in [5.74, 6) is -1.28. The van der Waals surface area contributed by atoms with E-state index in [0.717, 1.165) is 25.6 Å². The van der Waals surface area contributed by atoms with Crippen molar-refractivity contribution in [1.82, 2.24) is 15.1 Å². The lowest BCUT2D eigenvalue weighted by Crippen LogP contribution is -2.52. The Labute approximate surface area is 136 Å². The summed E-state index contributed by atoms with van der Waals surface area (Å²) >= 11 is 0. The molecular formula is C17H25F2N3O. The predicted molar refractivity (Wildman–Crippen MR) is 86.3 cm³/mol. The number of hydrogen-bond donors (Lipinski definition) is 1. The number of nitrogens with zero attached hydrogens (tertiary/aromatic N) is 2. The van der Waals surface area contributed by atoms with Crippen LogP contribution in [0.2, 0.25) is 0 Å². The van der Waals surface area contributed by atoms with E-state index >= 15 is 0 Å². The Morgan fingerprint density at radius 2 is 2.17 bits per heavy atom. The summed E-state index contributed by atoms with van der Waals surface area (Å²) in [6.45, 7) is 4.37. The minimum absolute atomic E-state index is 0.164. The molecule has 0 spiro atoms. The molecule has 0 saturated carbocycles. The van der Waals surface area contributed by atoms with Crippen molar-refractivity contribution in [3.63, 3.8) is 0 Å². The summed E-state index contributed by atoms with van der Waals surface area (Å²) in [6, 6.07) is 4.14. The molecule has 1 heterocycles. The van der Waals surface area contributed by atoms with E-state index < -0.39 is 11.6 Å². The van der Waals surface area contributed by atoms with Crippen molar-refractivity contribution in [2.75, 3.05) is 33.7 Å². The first-order valence-electron chi connectivity index (χ1n) is 8.02. The molecule has 0 radical (unpaired) electrons. The van der Waals surface area contributed by atoms with E-state index in [1.165, 1.54) is 12.1 Å². The number of halogens is 2. The maximum Gasteiger partial charge on any atom is 0.317 e. The van der Waals surface area contributed by atoms with Crippen molar-refractivity contribution in [1.29, 1.82) is 0 Å². The summed E-state index contributed by atoms with van der Waals surface area (Å²) in [5.41, 5.74) is 0.278. The van der Waals surface area contributed by atoms with Crippen molar-refractivity contribution in [3.05, 3.63) is 35.4 Å². The largest absolute Gasteiger partial charge is 0.338 e. The van der Waals surface area contributed by atoms with Gasteiger partial charge in [-0.2, -0.15) is 0 Å². The van der Waals surface area contributed by atoms with Crippen molar-refractivity contribution < 1.29 is 13.6 Å². The molecule has 1 N–H and O–H groups in total. The fraction of sp³-hybridized carbons (Fsp3) is 0.588. The Morgan fingerprint density at radius 1 is 1.43 bits per heavy atom. The second-order valence-electron chi connectivity index (χ2n) is 6.40. The molecule has 1 fully saturated rings. The van der Waals surface area contributed by atoms with Crippen LogP contribution in [0, 0.1) is 17.6 Å². The molecule has 128 valence electrons. The molecule has 2 rings (SSSR count). The van der Waals surface area contributed by atoms with Gasteiger partial charge >= 0.3 is 6.03 Å². The van der Waals surface area contributed by atoms with Crippen molar-refractivity contribution in [2.45, 2.75) is 25.8 Å². The molecule has 0 aliphatic carbocycles. The fourth-order valence-corrected chi connectivity index (χ4v) is 3.24. The van der Waals surface area contributed by atoms with Gasteiger partial charge in [-0.3, -0.25) is 0 Å². The third-order valence-corrected chi connectivity index (χ3v) is 4.58. The number of hydrogen-bond acceptors (Lipinski definition) is 2. The highest BCUT2D eigenvalue weighted by Crippen LogP contribution is 2.20. The molecule has 0 unspecified atom stereocenters. The van der Waals surface area contributed by atoms with Crippen molar-refractivity contribution in [3.8, 4) is 0 Å². The first-order chi connectivity index (χ1) is 10.9. The lowest BCUT2D eigenvalue weighted by Gasteiger charge is -2.39. The Balaban J connectivity index is 1.83. The van der Waals surface area contributed by atoms with E-state index in [2.05, 4.69) is 24.2 Å². The zero-order valence-electron chi connectivity index (χ0n) is 14.0. The molecule has 1 aliphatic heterocycles. The average molecular weight is 325 g/mol. The molecule has 6 heteroatoms. The molecule has 2 amide bonds. The third-order valence-electron chi connectivity index (χ3n) is 4.58. The normalized spacial score (nSPS) is 22.0. The number of benzene rings is 1. The third kappa shape index (κ3) is 4.41. The van der Waals surface area contributed by atoms with Crippen LogP contribution in [0.15, 0.2) is 18.2 Å². The second kappa shape index (κ2) is 7.73. The van der Waals surface area contributed by atoms with Crippen LogP contribution in [0.5, 0.6) is 0 Å². The number of likely N-dealkylation sites (tertiary alicyclic amines) is 1. The van der Waals surface area contributed by atoms with E-state index in [9.17, 15) is 13.6 Å². The minimum atomic E-state index is -0.855. The van der Waals surface area contributed by atoms with Gasteiger partial charge < -0.3 is 15.1 Å². The number of piperidine rings is 1. The standard InChI is InChI=1S/C17H25F2N3O/c1-12-11-21(2)10-8-15(12)22(3)17(23)20-9-7-13-5-4-6-14(18)16(13)19/h4-6,12,15H,7-11H2,1-3H3,(H,20,23)/t12-,15-/m1/s1. The fourth-order valence-electron chi connectivity index (χ4n) is 3.24. The topological polar surface area (TPSA) is 35.6 Å². The van der Waals surface area contributed by atoms with Crippen LogP contribution in [-0.4, -0.2) is 55.6 Å². The molecule has 1 aliphatic rings. The molecule has 1 aromatic rings. The van der Waals surface area contributed by atoms with Gasteiger partial charge in [0.1, 0.15) is 0 Å². The molecule has 0 bridgehead atoms. The highest BCUT2D eigenvalue weighted by Gasteiger charge is 2.29. The average Bonchev–Trinajstić information content (AvgIpc) is 2.50. The maximum absolute atomic E-state index is 13.6. The SMILES string of the molecule is C[C@@H]1CN(C)CC[C@H]1N(C)C(=O)NCCc1cccc(F)c1F. The maximum atomic E-state index is 13.6. The van der Waals surface area contributed by atoms with E-state index in [1.807, 2.05) is 0 Å². The number of carbonyl (C=O) groups excluding carboxylic acids is 1. The van der Waals surface area contributed by atoms with Gasteiger partial charge in [0, 0.05) is 26.2 Å². The summed E-state index contributed by atoms with van der Waals surface area (Å²) < 4.78 is 26.7. The van der Waals surface area contributed by atoms with Gasteiger partial charge in [0.2, 0.25) is 0 Å². The van der Waals surface area contributed by atoms with Gasteiger partial charge in [-0.1, -0.05) is 19.1 Å². The van der Waals surface area contributed by atoms with Crippen LogP contribution in [0.3, 0.4) is 0 Å². The number of carbonyl (C=O) groups is 1. The van der Waals surface area contributed by atoms with Gasteiger partial charge in [-0.15, -0.1) is 0 Å². The van der Waals surface area contributed by atoms with Crippen LogP contribution in [-0.2, 0) is 6.42 Å². The van der Waals surface area contributed by atoms with Crippen LogP contribution in [0.25, 0.3) is 0 Å². The van der Waals surface area contributed by atoms with Crippen molar-refractivity contribution >= 4 is 6.03 Å². The van der Waals surface area contributed by atoms with Gasteiger partial charge in [0.05, 0.1) is 0 Å². The van der Waals surface area contributed by atoms with Crippen LogP contribution in [0.4, 0.5) is 13.6 Å². The minimum Gasteiger partial charge on any atom is -0.338 e. The zero-order chi connectivity index (χ0) is 17.0. The van der Waals surface area contributed by atoms with E-state index in [4.69, 9.17) is 0 Å². The number of urea groups is 1. The highest BCUT2D eigenvalue weighted by molar-refractivity contribution is 5.74. The molecule has 2 atom stereocenters. The zero-order valence-corrected chi connectivity index (χ0v) is 14.0. The van der Waals surface area contributed by atoms with Gasteiger partial charge in [0.25, 0.3) is 0 Å². The molecule has 0 aromatic heterocycles. The van der Waals surface area contributed by atoms with Gasteiger partial charge in [-0.05, 0) is 44.0 Å². The van der Waals surface area contributed by atoms with Gasteiger partial charge in [0.15, 0.2) is 11.6 Å². The summed E-state index contributed by atoms with van der Waals surface area (Å²) in [5, 5.41) is 2.79. The lowest BCUT2D eigenvalue weighted by atomic mass is 9.93. The van der Waals surface area contributed by atoms with Crippen LogP contribution >= 0.6 is 0 Å². The smallest absolute Gasteiger partial charge is 0.317 e. The van der Waals surface area contributed by atoms with Gasteiger partial charge in [-0.25, -0.2) is 13.6 Å². The first kappa shape index (κ1) is 17.7. The molecule has 1 aromatic carbocycles. The Bertz CT molecular complexity index is 553. The predicted octanol–water partition coefficient (Wildman–Crippen LogP) is 2.49.